The summed E-state index contributed by atoms with van der Waals surface area (Å²) < 4.78 is 4.59. The number of aliphatic carboxylic acids is 1. The SMILES string of the molecule is COC(=O)CCN1CCN(C(=O)C(C)=C(C)C(=O)O)CC1. The minimum Gasteiger partial charge on any atom is -0.478 e. The molecule has 21 heavy (non-hydrogen) atoms. The Morgan fingerprint density at radius 2 is 1.62 bits per heavy atom. The predicted molar refractivity (Wildman–Crippen MR) is 75.7 cm³/mol. The Kier molecular flexibility index (Phi) is 6.36. The highest BCUT2D eigenvalue weighted by atomic mass is 16.5. The molecule has 0 atom stereocenters. The molecule has 1 saturated heterocycles. The number of methoxy groups -OCH3 is 1. The number of carboxylic acids is 1. The molecule has 1 fully saturated rings. The van der Waals surface area contributed by atoms with E-state index in [1.165, 1.54) is 21.0 Å². The quantitative estimate of drug-likeness (QED) is 0.573. The van der Waals surface area contributed by atoms with Crippen LogP contribution in [0.25, 0.3) is 0 Å². The van der Waals surface area contributed by atoms with Gasteiger partial charge >= 0.3 is 11.9 Å². The Hall–Kier alpha value is -1.89. The van der Waals surface area contributed by atoms with Gasteiger partial charge in [-0.05, 0) is 13.8 Å². The maximum Gasteiger partial charge on any atom is 0.331 e. The van der Waals surface area contributed by atoms with Gasteiger partial charge in [0.25, 0.3) is 0 Å². The Bertz CT molecular complexity index is 450. The van der Waals surface area contributed by atoms with Crippen LogP contribution in [-0.4, -0.2) is 72.6 Å². The average molecular weight is 298 g/mol. The van der Waals surface area contributed by atoms with E-state index in [0.717, 1.165) is 0 Å². The topological polar surface area (TPSA) is 87.2 Å². The van der Waals surface area contributed by atoms with Gasteiger partial charge in [-0.15, -0.1) is 0 Å². The molecule has 1 amide bonds. The third kappa shape index (κ3) is 4.86. The minimum atomic E-state index is -1.07. The molecule has 1 N–H and O–H groups in total. The minimum absolute atomic E-state index is 0.0770. The van der Waals surface area contributed by atoms with E-state index in [2.05, 4.69) is 9.64 Å². The lowest BCUT2D eigenvalue weighted by Gasteiger charge is -2.34. The maximum absolute atomic E-state index is 12.2. The highest BCUT2D eigenvalue weighted by Gasteiger charge is 2.24. The molecule has 0 aromatic rings. The molecule has 7 nitrogen and oxygen atoms in total. The summed E-state index contributed by atoms with van der Waals surface area (Å²) >= 11 is 0. The largest absolute Gasteiger partial charge is 0.478 e. The van der Waals surface area contributed by atoms with E-state index >= 15 is 0 Å². The van der Waals surface area contributed by atoms with Gasteiger partial charge in [-0.2, -0.15) is 0 Å². The molecule has 0 aliphatic carbocycles. The van der Waals surface area contributed by atoms with E-state index < -0.39 is 5.97 Å². The number of esters is 1. The second kappa shape index (κ2) is 7.78. The summed E-state index contributed by atoms with van der Waals surface area (Å²) in [4.78, 5) is 37.9. The van der Waals surface area contributed by atoms with Crippen LogP contribution in [0, 0.1) is 0 Å². The van der Waals surface area contributed by atoms with Crippen LogP contribution in [0.4, 0.5) is 0 Å². The van der Waals surface area contributed by atoms with Crippen LogP contribution in [0.3, 0.4) is 0 Å². The van der Waals surface area contributed by atoms with Crippen LogP contribution in [0.5, 0.6) is 0 Å². The van der Waals surface area contributed by atoms with E-state index in [9.17, 15) is 14.4 Å². The summed E-state index contributed by atoms with van der Waals surface area (Å²) in [5.74, 6) is -1.55. The number of carbonyl (C=O) groups excluding carboxylic acids is 2. The summed E-state index contributed by atoms with van der Waals surface area (Å²) in [6, 6.07) is 0. The zero-order chi connectivity index (χ0) is 16.0. The molecule has 0 unspecified atom stereocenters. The van der Waals surface area contributed by atoms with Crippen molar-refractivity contribution in [1.82, 2.24) is 9.80 Å². The van der Waals surface area contributed by atoms with Crippen LogP contribution in [0.2, 0.25) is 0 Å². The summed E-state index contributed by atoms with van der Waals surface area (Å²) in [5.41, 5.74) is 0.346. The Morgan fingerprint density at radius 3 is 2.10 bits per heavy atom. The van der Waals surface area contributed by atoms with Crippen LogP contribution in [-0.2, 0) is 19.1 Å². The van der Waals surface area contributed by atoms with E-state index in [1.807, 2.05) is 0 Å². The van der Waals surface area contributed by atoms with Crippen molar-refractivity contribution >= 4 is 17.8 Å². The Labute approximate surface area is 124 Å². The summed E-state index contributed by atoms with van der Waals surface area (Å²) in [6.07, 6.45) is 0.335. The smallest absolute Gasteiger partial charge is 0.331 e. The van der Waals surface area contributed by atoms with Gasteiger partial charge in [-0.3, -0.25) is 14.5 Å². The molecule has 0 aromatic carbocycles. The van der Waals surface area contributed by atoms with E-state index in [-0.39, 0.29) is 23.0 Å². The lowest BCUT2D eigenvalue weighted by atomic mass is 10.1. The monoisotopic (exact) mass is 298 g/mol. The van der Waals surface area contributed by atoms with Gasteiger partial charge < -0.3 is 14.7 Å². The first-order valence-corrected chi connectivity index (χ1v) is 6.86. The zero-order valence-electron chi connectivity index (χ0n) is 12.7. The number of amides is 1. The first-order chi connectivity index (χ1) is 9.86. The third-order valence-corrected chi connectivity index (χ3v) is 3.72. The number of piperazine rings is 1. The second-order valence-corrected chi connectivity index (χ2v) is 5.02. The zero-order valence-corrected chi connectivity index (χ0v) is 12.7. The molecule has 1 heterocycles. The first kappa shape index (κ1) is 17.2. The normalized spacial score (nSPS) is 17.2. The molecule has 118 valence electrons. The highest BCUT2D eigenvalue weighted by molar-refractivity contribution is 6.01. The Morgan fingerprint density at radius 1 is 1.05 bits per heavy atom. The van der Waals surface area contributed by atoms with Crippen LogP contribution in [0.1, 0.15) is 20.3 Å². The lowest BCUT2D eigenvalue weighted by molar-refractivity contribution is -0.141. The maximum atomic E-state index is 12.2. The fraction of sp³-hybridized carbons (Fsp3) is 0.643. The molecule has 1 aliphatic rings. The lowest BCUT2D eigenvalue weighted by Crippen LogP contribution is -2.49. The molecule has 0 radical (unpaired) electrons. The average Bonchev–Trinajstić information content (AvgIpc) is 2.50. The fourth-order valence-corrected chi connectivity index (χ4v) is 2.08. The molecule has 0 saturated carbocycles. The Balaban J connectivity index is 2.49. The number of nitrogens with zero attached hydrogens (tertiary/aromatic N) is 2. The van der Waals surface area contributed by atoms with E-state index in [4.69, 9.17) is 5.11 Å². The van der Waals surface area contributed by atoms with Gasteiger partial charge in [-0.25, -0.2) is 4.79 Å². The number of carboxylic acid groups (broad SMARTS) is 1. The van der Waals surface area contributed by atoms with Crippen molar-refractivity contribution in [3.05, 3.63) is 11.1 Å². The first-order valence-electron chi connectivity index (χ1n) is 6.86. The molecular formula is C14H22N2O5. The standard InChI is InChI=1S/C14H22N2O5/c1-10(11(2)14(19)20)13(18)16-8-6-15(7-9-16)5-4-12(17)21-3/h4-9H2,1-3H3,(H,19,20). The number of carbonyl (C=O) groups is 3. The molecular weight excluding hydrogens is 276 g/mol. The summed E-state index contributed by atoms with van der Waals surface area (Å²) in [7, 11) is 1.36. The van der Waals surface area contributed by atoms with Crippen molar-refractivity contribution in [2.45, 2.75) is 20.3 Å². The van der Waals surface area contributed by atoms with Gasteiger partial charge in [0.15, 0.2) is 0 Å². The number of ether oxygens (including phenoxy) is 1. The van der Waals surface area contributed by atoms with E-state index in [1.54, 1.807) is 4.90 Å². The van der Waals surface area contributed by atoms with Gasteiger partial charge in [0.05, 0.1) is 13.5 Å². The summed E-state index contributed by atoms with van der Waals surface area (Å²) in [6.45, 7) is 5.98. The molecule has 1 aliphatic heterocycles. The van der Waals surface area contributed by atoms with Crippen molar-refractivity contribution in [1.29, 1.82) is 0 Å². The molecule has 0 bridgehead atoms. The molecule has 0 spiro atoms. The van der Waals surface area contributed by atoms with Crippen molar-refractivity contribution in [3.63, 3.8) is 0 Å². The fourth-order valence-electron chi connectivity index (χ4n) is 2.08. The van der Waals surface area contributed by atoms with Crippen LogP contribution in [0.15, 0.2) is 11.1 Å². The summed E-state index contributed by atoms with van der Waals surface area (Å²) in [5, 5.41) is 8.91. The van der Waals surface area contributed by atoms with E-state index in [0.29, 0.717) is 39.1 Å². The van der Waals surface area contributed by atoms with Crippen molar-refractivity contribution in [2.75, 3.05) is 39.8 Å². The molecule has 1 rings (SSSR count). The molecule has 7 heteroatoms. The number of hydrogen-bond donors (Lipinski definition) is 1. The third-order valence-electron chi connectivity index (χ3n) is 3.72. The van der Waals surface area contributed by atoms with Crippen LogP contribution >= 0.6 is 0 Å². The van der Waals surface area contributed by atoms with Gasteiger partial charge in [0, 0.05) is 43.9 Å². The molecule has 0 aromatic heterocycles. The second-order valence-electron chi connectivity index (χ2n) is 5.02. The van der Waals surface area contributed by atoms with Gasteiger partial charge in [0.1, 0.15) is 0 Å². The van der Waals surface area contributed by atoms with Gasteiger partial charge in [-0.1, -0.05) is 0 Å². The predicted octanol–water partition coefficient (Wildman–Crippen LogP) is 0.115. The van der Waals surface area contributed by atoms with Crippen molar-refractivity contribution < 1.29 is 24.2 Å². The van der Waals surface area contributed by atoms with Gasteiger partial charge in [0.2, 0.25) is 5.91 Å². The van der Waals surface area contributed by atoms with Crippen molar-refractivity contribution in [3.8, 4) is 0 Å². The van der Waals surface area contributed by atoms with Crippen LogP contribution < -0.4 is 0 Å². The number of rotatable bonds is 5. The number of hydrogen-bond acceptors (Lipinski definition) is 5. The van der Waals surface area contributed by atoms with Crippen molar-refractivity contribution in [2.24, 2.45) is 0 Å². The highest BCUT2D eigenvalue weighted by Crippen LogP contribution is 2.11.